The third-order valence-electron chi connectivity index (χ3n) is 3.06. The van der Waals surface area contributed by atoms with Gasteiger partial charge in [-0.15, -0.1) is 0 Å². The van der Waals surface area contributed by atoms with E-state index in [1.807, 2.05) is 0 Å². The quantitative estimate of drug-likeness (QED) is 0.784. The number of halogens is 3. The van der Waals surface area contributed by atoms with Crippen molar-refractivity contribution in [2.24, 2.45) is 0 Å². The van der Waals surface area contributed by atoms with E-state index in [4.69, 9.17) is 0 Å². The monoisotopic (exact) mass is 273 g/mol. The van der Waals surface area contributed by atoms with Crippen LogP contribution >= 0.6 is 0 Å². The number of hydrogen-bond acceptors (Lipinski definition) is 3. The summed E-state index contributed by atoms with van der Waals surface area (Å²) in [4.78, 5) is 17.9. The Balaban J connectivity index is 2.09. The summed E-state index contributed by atoms with van der Waals surface area (Å²) in [5.74, 6) is -4.26. The van der Waals surface area contributed by atoms with Crippen molar-refractivity contribution in [3.05, 3.63) is 23.6 Å². The minimum Gasteiger partial charge on any atom is -0.348 e. The fourth-order valence-corrected chi connectivity index (χ4v) is 2.05. The SMILES string of the molecule is CN(CC(=O)N1CCCC1)c1nc(F)c(F)cc1F. The fourth-order valence-electron chi connectivity index (χ4n) is 2.05. The third kappa shape index (κ3) is 2.97. The highest BCUT2D eigenvalue weighted by Crippen LogP contribution is 2.18. The lowest BCUT2D eigenvalue weighted by Crippen LogP contribution is -2.38. The number of likely N-dealkylation sites (N-methyl/N-ethyl adjacent to an activating group) is 1. The van der Waals surface area contributed by atoms with Crippen molar-refractivity contribution in [1.29, 1.82) is 0 Å². The number of aromatic nitrogens is 1. The minimum atomic E-state index is -1.38. The van der Waals surface area contributed by atoms with Crippen molar-refractivity contribution in [3.63, 3.8) is 0 Å². The van der Waals surface area contributed by atoms with Crippen LogP contribution in [0.2, 0.25) is 0 Å². The first-order valence-electron chi connectivity index (χ1n) is 5.99. The van der Waals surface area contributed by atoms with Gasteiger partial charge in [-0.05, 0) is 12.8 Å². The summed E-state index contributed by atoms with van der Waals surface area (Å²) in [6.45, 7) is 1.25. The zero-order valence-electron chi connectivity index (χ0n) is 10.5. The van der Waals surface area contributed by atoms with Gasteiger partial charge in [0, 0.05) is 26.2 Å². The number of likely N-dealkylation sites (tertiary alicyclic amines) is 1. The standard InChI is InChI=1S/C12H14F3N3O/c1-17(7-10(19)18-4-2-3-5-18)12-9(14)6-8(13)11(15)16-12/h6H,2-5,7H2,1H3. The molecule has 4 nitrogen and oxygen atoms in total. The first-order valence-corrected chi connectivity index (χ1v) is 5.99. The van der Waals surface area contributed by atoms with E-state index in [0.29, 0.717) is 19.2 Å². The fraction of sp³-hybridized carbons (Fsp3) is 0.500. The number of hydrogen-bond donors (Lipinski definition) is 0. The molecule has 2 heterocycles. The van der Waals surface area contributed by atoms with Crippen LogP contribution in [0, 0.1) is 17.6 Å². The molecule has 0 unspecified atom stereocenters. The Morgan fingerprint density at radius 2 is 1.95 bits per heavy atom. The van der Waals surface area contributed by atoms with Crippen molar-refractivity contribution < 1.29 is 18.0 Å². The van der Waals surface area contributed by atoms with Crippen molar-refractivity contribution in [2.45, 2.75) is 12.8 Å². The van der Waals surface area contributed by atoms with Crippen LogP contribution in [0.1, 0.15) is 12.8 Å². The molecular formula is C12H14F3N3O. The molecular weight excluding hydrogens is 259 g/mol. The van der Waals surface area contributed by atoms with E-state index >= 15 is 0 Å². The second-order valence-electron chi connectivity index (χ2n) is 4.51. The molecule has 1 fully saturated rings. The van der Waals surface area contributed by atoms with E-state index in [-0.39, 0.29) is 18.3 Å². The average Bonchev–Trinajstić information content (AvgIpc) is 2.87. The highest BCUT2D eigenvalue weighted by atomic mass is 19.2. The van der Waals surface area contributed by atoms with Gasteiger partial charge in [0.2, 0.25) is 5.91 Å². The summed E-state index contributed by atoms with van der Waals surface area (Å²) in [6, 6.07) is 0.425. The van der Waals surface area contributed by atoms with Crippen LogP contribution < -0.4 is 4.90 Å². The molecule has 0 radical (unpaired) electrons. The molecule has 1 saturated heterocycles. The number of amides is 1. The summed E-state index contributed by atoms with van der Waals surface area (Å²) in [5, 5.41) is 0. The van der Waals surface area contributed by atoms with E-state index in [1.165, 1.54) is 11.9 Å². The van der Waals surface area contributed by atoms with E-state index in [2.05, 4.69) is 4.98 Å². The Labute approximate surface area is 108 Å². The molecule has 0 bridgehead atoms. The lowest BCUT2D eigenvalue weighted by atomic mass is 10.3. The highest BCUT2D eigenvalue weighted by molar-refractivity contribution is 5.81. The van der Waals surface area contributed by atoms with Gasteiger partial charge in [0.1, 0.15) is 0 Å². The molecule has 0 atom stereocenters. The molecule has 19 heavy (non-hydrogen) atoms. The number of anilines is 1. The van der Waals surface area contributed by atoms with Crippen LogP contribution in [0.4, 0.5) is 19.0 Å². The van der Waals surface area contributed by atoms with Gasteiger partial charge in [0.15, 0.2) is 17.5 Å². The predicted octanol–water partition coefficient (Wildman–Crippen LogP) is 1.56. The van der Waals surface area contributed by atoms with E-state index in [9.17, 15) is 18.0 Å². The number of nitrogens with zero attached hydrogens (tertiary/aromatic N) is 3. The summed E-state index contributed by atoms with van der Waals surface area (Å²) < 4.78 is 39.2. The van der Waals surface area contributed by atoms with Gasteiger partial charge in [0.25, 0.3) is 5.95 Å². The van der Waals surface area contributed by atoms with Crippen LogP contribution in [0.25, 0.3) is 0 Å². The normalized spacial score (nSPS) is 14.8. The van der Waals surface area contributed by atoms with Gasteiger partial charge in [-0.3, -0.25) is 4.79 Å². The Bertz CT molecular complexity index is 489. The first kappa shape index (κ1) is 13.6. The van der Waals surface area contributed by atoms with Gasteiger partial charge < -0.3 is 9.80 Å². The second kappa shape index (κ2) is 5.46. The molecule has 0 saturated carbocycles. The van der Waals surface area contributed by atoms with Crippen molar-refractivity contribution in [1.82, 2.24) is 9.88 Å². The molecule has 2 rings (SSSR count). The molecule has 7 heteroatoms. The molecule has 0 aliphatic carbocycles. The molecule has 1 aliphatic rings. The Hall–Kier alpha value is -1.79. The molecule has 0 aromatic carbocycles. The van der Waals surface area contributed by atoms with Crippen LogP contribution in [0.3, 0.4) is 0 Å². The van der Waals surface area contributed by atoms with Gasteiger partial charge in [-0.25, -0.2) is 8.78 Å². The Kier molecular flexibility index (Phi) is 3.92. The lowest BCUT2D eigenvalue weighted by molar-refractivity contribution is -0.128. The Morgan fingerprint density at radius 1 is 1.32 bits per heavy atom. The number of carbonyl (C=O) groups excluding carboxylic acids is 1. The van der Waals surface area contributed by atoms with Crippen molar-refractivity contribution >= 4 is 11.7 Å². The molecule has 1 aliphatic heterocycles. The predicted molar refractivity (Wildman–Crippen MR) is 63.2 cm³/mol. The lowest BCUT2D eigenvalue weighted by Gasteiger charge is -2.22. The minimum absolute atomic E-state index is 0.116. The molecule has 104 valence electrons. The summed E-state index contributed by atoms with van der Waals surface area (Å²) in [7, 11) is 1.41. The molecule has 1 aromatic rings. The summed E-state index contributed by atoms with van der Waals surface area (Å²) in [5.41, 5.74) is 0. The van der Waals surface area contributed by atoms with E-state index in [0.717, 1.165) is 12.8 Å². The van der Waals surface area contributed by atoms with Crippen molar-refractivity contribution in [2.75, 3.05) is 31.6 Å². The van der Waals surface area contributed by atoms with Gasteiger partial charge in [-0.2, -0.15) is 9.37 Å². The van der Waals surface area contributed by atoms with Crippen LogP contribution in [-0.2, 0) is 4.79 Å². The van der Waals surface area contributed by atoms with Gasteiger partial charge in [-0.1, -0.05) is 0 Å². The maximum Gasteiger partial charge on any atom is 0.251 e. The van der Waals surface area contributed by atoms with Crippen LogP contribution in [0.5, 0.6) is 0 Å². The van der Waals surface area contributed by atoms with E-state index < -0.39 is 17.6 Å². The van der Waals surface area contributed by atoms with Crippen LogP contribution in [0.15, 0.2) is 6.07 Å². The smallest absolute Gasteiger partial charge is 0.251 e. The van der Waals surface area contributed by atoms with Gasteiger partial charge >= 0.3 is 0 Å². The van der Waals surface area contributed by atoms with Gasteiger partial charge in [0.05, 0.1) is 6.54 Å². The first-order chi connectivity index (χ1) is 8.99. The Morgan fingerprint density at radius 3 is 2.58 bits per heavy atom. The number of rotatable bonds is 3. The topological polar surface area (TPSA) is 36.4 Å². The summed E-state index contributed by atoms with van der Waals surface area (Å²) in [6.07, 6.45) is 1.90. The molecule has 1 amide bonds. The average molecular weight is 273 g/mol. The van der Waals surface area contributed by atoms with Crippen molar-refractivity contribution in [3.8, 4) is 0 Å². The number of pyridine rings is 1. The molecule has 0 spiro atoms. The zero-order chi connectivity index (χ0) is 14.0. The molecule has 0 N–H and O–H groups in total. The van der Waals surface area contributed by atoms with E-state index in [1.54, 1.807) is 4.90 Å². The zero-order valence-corrected chi connectivity index (χ0v) is 10.5. The highest BCUT2D eigenvalue weighted by Gasteiger charge is 2.22. The van der Waals surface area contributed by atoms with Crippen LogP contribution in [-0.4, -0.2) is 42.5 Å². The maximum absolute atomic E-state index is 13.5. The second-order valence-corrected chi connectivity index (χ2v) is 4.51. The maximum atomic E-state index is 13.5. The molecule has 1 aromatic heterocycles. The summed E-state index contributed by atoms with van der Waals surface area (Å²) >= 11 is 0. The largest absolute Gasteiger partial charge is 0.348 e. The number of carbonyl (C=O) groups is 1. The third-order valence-corrected chi connectivity index (χ3v) is 3.06.